The number of halogens is 2. The van der Waals surface area contributed by atoms with E-state index in [4.69, 9.17) is 0 Å². The molecule has 1 atom stereocenters. The Balaban J connectivity index is 3.16. The maximum absolute atomic E-state index is 3.71. The van der Waals surface area contributed by atoms with E-state index in [-0.39, 0.29) is 5.41 Å². The van der Waals surface area contributed by atoms with Crippen LogP contribution in [-0.4, -0.2) is 6.54 Å². The van der Waals surface area contributed by atoms with Gasteiger partial charge in [0.05, 0.1) is 0 Å². The van der Waals surface area contributed by atoms with Crippen LogP contribution in [0.25, 0.3) is 0 Å². The monoisotopic (exact) mass is 375 g/mol. The van der Waals surface area contributed by atoms with Crippen molar-refractivity contribution in [1.29, 1.82) is 0 Å². The van der Waals surface area contributed by atoms with Crippen molar-refractivity contribution in [2.75, 3.05) is 6.54 Å². The summed E-state index contributed by atoms with van der Waals surface area (Å²) in [6, 6.07) is 4.77. The Labute approximate surface area is 128 Å². The van der Waals surface area contributed by atoms with Crippen molar-refractivity contribution in [2.45, 2.75) is 47.1 Å². The summed E-state index contributed by atoms with van der Waals surface area (Å²) in [5.41, 5.74) is 2.77. The molecular weight excluding hydrogens is 354 g/mol. The van der Waals surface area contributed by atoms with Gasteiger partial charge in [-0.05, 0) is 48.6 Å². The first-order valence-corrected chi connectivity index (χ1v) is 8.05. The van der Waals surface area contributed by atoms with Crippen LogP contribution in [0.15, 0.2) is 21.1 Å². The lowest BCUT2D eigenvalue weighted by molar-refractivity contribution is 0.272. The minimum atomic E-state index is 0.187. The molecule has 1 unspecified atom stereocenters. The van der Waals surface area contributed by atoms with Gasteiger partial charge in [0.1, 0.15) is 0 Å². The highest BCUT2D eigenvalue weighted by Crippen LogP contribution is 2.38. The Bertz CT molecular complexity index is 408. The Morgan fingerprint density at radius 3 is 2.28 bits per heavy atom. The van der Waals surface area contributed by atoms with Gasteiger partial charge in [0.15, 0.2) is 0 Å². The van der Waals surface area contributed by atoms with Gasteiger partial charge in [0.25, 0.3) is 0 Å². The lowest BCUT2D eigenvalue weighted by Crippen LogP contribution is -2.33. The molecule has 18 heavy (non-hydrogen) atoms. The quantitative estimate of drug-likeness (QED) is 0.720. The largest absolute Gasteiger partial charge is 0.309 e. The summed E-state index contributed by atoms with van der Waals surface area (Å²) in [7, 11) is 0. The van der Waals surface area contributed by atoms with Gasteiger partial charge >= 0.3 is 0 Å². The molecular formula is C15H23Br2N. The van der Waals surface area contributed by atoms with E-state index in [1.165, 1.54) is 20.1 Å². The maximum atomic E-state index is 3.71. The lowest BCUT2D eigenvalue weighted by Gasteiger charge is -2.33. The summed E-state index contributed by atoms with van der Waals surface area (Å²) in [5, 5.41) is 3.66. The van der Waals surface area contributed by atoms with Crippen LogP contribution in [0.1, 0.15) is 51.3 Å². The molecule has 1 nitrogen and oxygen atoms in total. The van der Waals surface area contributed by atoms with Gasteiger partial charge < -0.3 is 5.32 Å². The van der Waals surface area contributed by atoms with Crippen molar-refractivity contribution in [2.24, 2.45) is 5.41 Å². The third-order valence-corrected chi connectivity index (χ3v) is 4.59. The second-order valence-electron chi connectivity index (χ2n) is 5.88. The third kappa shape index (κ3) is 4.07. The van der Waals surface area contributed by atoms with Crippen LogP contribution in [0.5, 0.6) is 0 Å². The zero-order chi connectivity index (χ0) is 13.9. The molecule has 0 aromatic heterocycles. The van der Waals surface area contributed by atoms with Crippen molar-refractivity contribution in [3.63, 3.8) is 0 Å². The molecule has 0 saturated heterocycles. The van der Waals surface area contributed by atoms with Crippen LogP contribution in [0.3, 0.4) is 0 Å². The van der Waals surface area contributed by atoms with Gasteiger partial charge in [0.2, 0.25) is 0 Å². The van der Waals surface area contributed by atoms with Gasteiger partial charge in [0, 0.05) is 15.0 Å². The van der Waals surface area contributed by atoms with Crippen LogP contribution >= 0.6 is 31.9 Å². The molecule has 0 bridgehead atoms. The van der Waals surface area contributed by atoms with E-state index < -0.39 is 0 Å². The molecule has 0 aliphatic carbocycles. The molecule has 1 aromatic carbocycles. The fourth-order valence-corrected chi connectivity index (χ4v) is 3.10. The zero-order valence-corrected chi connectivity index (χ0v) is 15.1. The van der Waals surface area contributed by atoms with Crippen molar-refractivity contribution in [3.05, 3.63) is 32.2 Å². The molecule has 102 valence electrons. The van der Waals surface area contributed by atoms with Gasteiger partial charge in [-0.3, -0.25) is 0 Å². The van der Waals surface area contributed by atoms with Gasteiger partial charge in [-0.2, -0.15) is 0 Å². The Kier molecular flexibility index (Phi) is 5.88. The van der Waals surface area contributed by atoms with Crippen molar-refractivity contribution in [1.82, 2.24) is 5.32 Å². The summed E-state index contributed by atoms with van der Waals surface area (Å²) in [6.07, 6.45) is 1.15. The number of hydrogen-bond acceptors (Lipinski definition) is 1. The van der Waals surface area contributed by atoms with E-state index in [2.05, 4.69) is 83.9 Å². The highest BCUT2D eigenvalue weighted by Gasteiger charge is 2.27. The molecule has 0 saturated carbocycles. The van der Waals surface area contributed by atoms with Gasteiger partial charge in [-0.1, -0.05) is 59.6 Å². The summed E-state index contributed by atoms with van der Waals surface area (Å²) in [5.74, 6) is 0. The first kappa shape index (κ1) is 16.2. The minimum absolute atomic E-state index is 0.187. The van der Waals surface area contributed by atoms with Crippen LogP contribution in [0.4, 0.5) is 0 Å². The van der Waals surface area contributed by atoms with E-state index in [1.807, 2.05) is 0 Å². The topological polar surface area (TPSA) is 12.0 Å². The third-order valence-electron chi connectivity index (χ3n) is 3.05. The predicted octanol–water partition coefficient (Wildman–Crippen LogP) is 5.61. The fraction of sp³-hybridized carbons (Fsp3) is 0.600. The predicted molar refractivity (Wildman–Crippen MR) is 87.1 cm³/mol. The standard InChI is InChI=1S/C15H23Br2N/c1-6-7-18-14(15(3,4)5)11-9-12(16)10(2)8-13(11)17/h8-9,14,18H,6-7H2,1-5H3. The molecule has 0 aliphatic rings. The highest BCUT2D eigenvalue weighted by atomic mass is 79.9. The molecule has 0 fully saturated rings. The van der Waals surface area contributed by atoms with Crippen LogP contribution in [0, 0.1) is 12.3 Å². The number of hydrogen-bond donors (Lipinski definition) is 1. The molecule has 0 spiro atoms. The van der Waals surface area contributed by atoms with Crippen LogP contribution in [-0.2, 0) is 0 Å². The summed E-state index contributed by atoms with van der Waals surface area (Å²) in [6.45, 7) is 12.2. The smallest absolute Gasteiger partial charge is 0.0380 e. The first-order valence-electron chi connectivity index (χ1n) is 6.46. The SMILES string of the molecule is CCCNC(c1cc(Br)c(C)cc1Br)C(C)(C)C. The Hall–Kier alpha value is 0.140. The van der Waals surface area contributed by atoms with E-state index in [9.17, 15) is 0 Å². The zero-order valence-electron chi connectivity index (χ0n) is 11.9. The second kappa shape index (κ2) is 6.53. The molecule has 0 aliphatic heterocycles. The maximum Gasteiger partial charge on any atom is 0.0380 e. The molecule has 1 rings (SSSR count). The molecule has 0 radical (unpaired) electrons. The Morgan fingerprint density at radius 1 is 1.17 bits per heavy atom. The molecule has 1 aromatic rings. The average molecular weight is 377 g/mol. The van der Waals surface area contributed by atoms with Crippen LogP contribution < -0.4 is 5.32 Å². The van der Waals surface area contributed by atoms with E-state index >= 15 is 0 Å². The Morgan fingerprint density at radius 2 is 1.78 bits per heavy atom. The fourth-order valence-electron chi connectivity index (χ4n) is 2.05. The molecule has 1 N–H and O–H groups in total. The van der Waals surface area contributed by atoms with Crippen molar-refractivity contribution >= 4 is 31.9 Å². The average Bonchev–Trinajstić information content (AvgIpc) is 2.24. The normalized spacial score (nSPS) is 13.7. The summed E-state index contributed by atoms with van der Waals surface area (Å²) >= 11 is 7.34. The lowest BCUT2D eigenvalue weighted by atomic mass is 9.82. The number of rotatable bonds is 4. The van der Waals surface area contributed by atoms with Crippen LogP contribution in [0.2, 0.25) is 0 Å². The molecule has 0 amide bonds. The summed E-state index contributed by atoms with van der Waals surface area (Å²) in [4.78, 5) is 0. The van der Waals surface area contributed by atoms with Crippen molar-refractivity contribution < 1.29 is 0 Å². The minimum Gasteiger partial charge on any atom is -0.309 e. The molecule has 0 heterocycles. The van der Waals surface area contributed by atoms with E-state index in [1.54, 1.807) is 0 Å². The van der Waals surface area contributed by atoms with Gasteiger partial charge in [-0.25, -0.2) is 0 Å². The van der Waals surface area contributed by atoms with E-state index in [0.29, 0.717) is 6.04 Å². The van der Waals surface area contributed by atoms with Gasteiger partial charge in [-0.15, -0.1) is 0 Å². The van der Waals surface area contributed by atoms with E-state index in [0.717, 1.165) is 13.0 Å². The highest BCUT2D eigenvalue weighted by molar-refractivity contribution is 9.11. The second-order valence-corrected chi connectivity index (χ2v) is 7.58. The number of aryl methyl sites for hydroxylation is 1. The van der Waals surface area contributed by atoms with Crippen molar-refractivity contribution in [3.8, 4) is 0 Å². The molecule has 3 heteroatoms. The number of benzene rings is 1. The number of nitrogens with one attached hydrogen (secondary N) is 1. The summed E-state index contributed by atoms with van der Waals surface area (Å²) < 4.78 is 2.36. The first-order chi connectivity index (χ1) is 8.27.